The van der Waals surface area contributed by atoms with Crippen molar-refractivity contribution in [2.45, 2.75) is 32.7 Å². The molecule has 1 aliphatic rings. The van der Waals surface area contributed by atoms with Crippen LogP contribution in [0.1, 0.15) is 36.7 Å². The minimum Gasteiger partial charge on any atom is -0.451 e. The summed E-state index contributed by atoms with van der Waals surface area (Å²) in [6, 6.07) is 6.63. The Morgan fingerprint density at radius 3 is 2.58 bits per heavy atom. The quantitative estimate of drug-likeness (QED) is 0.744. The molecule has 8 heteroatoms. The highest BCUT2D eigenvalue weighted by Crippen LogP contribution is 2.15. The van der Waals surface area contributed by atoms with Crippen molar-refractivity contribution in [2.75, 3.05) is 13.2 Å². The fourth-order valence-electron chi connectivity index (χ4n) is 2.93. The monoisotopic (exact) mass is 357 g/mol. The Hall–Kier alpha value is -3.03. The molecular weight excluding hydrogens is 338 g/mol. The maximum atomic E-state index is 12.5. The number of aromatic nitrogens is 2. The number of imide groups is 1. The number of hydrogen-bond donors (Lipinski definition) is 0. The Morgan fingerprint density at radius 2 is 1.92 bits per heavy atom. The molecule has 26 heavy (non-hydrogen) atoms. The summed E-state index contributed by atoms with van der Waals surface area (Å²) in [4.78, 5) is 49.6. The van der Waals surface area contributed by atoms with Crippen molar-refractivity contribution in [3.63, 3.8) is 0 Å². The van der Waals surface area contributed by atoms with Crippen molar-refractivity contribution >= 4 is 28.6 Å². The lowest BCUT2D eigenvalue weighted by molar-refractivity contribution is -0.143. The van der Waals surface area contributed by atoms with Gasteiger partial charge in [0.2, 0.25) is 5.91 Å². The summed E-state index contributed by atoms with van der Waals surface area (Å²) in [5.74, 6) is -1.61. The molecular formula is C18H19N3O5. The summed E-state index contributed by atoms with van der Waals surface area (Å²) in [7, 11) is 0. The minimum atomic E-state index is -0.800. The van der Waals surface area contributed by atoms with E-state index in [1.807, 2.05) is 6.92 Å². The highest BCUT2D eigenvalue weighted by Gasteiger charge is 2.27. The van der Waals surface area contributed by atoms with Gasteiger partial charge in [-0.25, -0.2) is 9.48 Å². The summed E-state index contributed by atoms with van der Waals surface area (Å²) in [6.45, 7) is 2.07. The Balaban J connectivity index is 1.85. The number of carbonyl (C=O) groups excluding carboxylic acids is 3. The SMILES string of the molecule is CCCn1nc(C(=O)OCC(=O)N2CCCC2=O)c2ccccc2c1=O. The van der Waals surface area contributed by atoms with Gasteiger partial charge in [0.25, 0.3) is 11.5 Å². The van der Waals surface area contributed by atoms with E-state index in [0.29, 0.717) is 43.1 Å². The van der Waals surface area contributed by atoms with Gasteiger partial charge in [0.15, 0.2) is 12.3 Å². The van der Waals surface area contributed by atoms with Crippen LogP contribution >= 0.6 is 0 Å². The van der Waals surface area contributed by atoms with E-state index in [2.05, 4.69) is 5.10 Å². The summed E-state index contributed by atoms with van der Waals surface area (Å²) < 4.78 is 6.30. The lowest BCUT2D eigenvalue weighted by Gasteiger charge is -2.14. The smallest absolute Gasteiger partial charge is 0.359 e. The summed E-state index contributed by atoms with van der Waals surface area (Å²) in [6.07, 6.45) is 1.62. The van der Waals surface area contributed by atoms with Crippen LogP contribution in [0.25, 0.3) is 10.8 Å². The first kappa shape index (κ1) is 17.8. The van der Waals surface area contributed by atoms with Crippen LogP contribution in [0.3, 0.4) is 0 Å². The number of hydrogen-bond acceptors (Lipinski definition) is 6. The van der Waals surface area contributed by atoms with Crippen molar-refractivity contribution in [3.05, 3.63) is 40.3 Å². The first-order chi connectivity index (χ1) is 12.5. The Morgan fingerprint density at radius 1 is 1.19 bits per heavy atom. The molecule has 0 radical (unpaired) electrons. The number of fused-ring (bicyclic) bond motifs is 1. The molecule has 0 saturated carbocycles. The average Bonchev–Trinajstić information content (AvgIpc) is 3.08. The van der Waals surface area contributed by atoms with Crippen molar-refractivity contribution in [3.8, 4) is 0 Å². The van der Waals surface area contributed by atoms with E-state index < -0.39 is 18.5 Å². The molecule has 0 unspecified atom stereocenters. The van der Waals surface area contributed by atoms with E-state index >= 15 is 0 Å². The molecule has 3 rings (SSSR count). The second kappa shape index (κ2) is 7.47. The average molecular weight is 357 g/mol. The highest BCUT2D eigenvalue weighted by molar-refractivity contribution is 6.03. The van der Waals surface area contributed by atoms with Crippen molar-refractivity contribution in [2.24, 2.45) is 0 Å². The normalized spacial score (nSPS) is 14.0. The zero-order valence-electron chi connectivity index (χ0n) is 14.4. The third-order valence-corrected chi connectivity index (χ3v) is 4.20. The highest BCUT2D eigenvalue weighted by atomic mass is 16.5. The lowest BCUT2D eigenvalue weighted by atomic mass is 10.1. The van der Waals surface area contributed by atoms with Crippen LogP contribution in [0.5, 0.6) is 0 Å². The molecule has 136 valence electrons. The van der Waals surface area contributed by atoms with Gasteiger partial charge in [-0.1, -0.05) is 25.1 Å². The van der Waals surface area contributed by atoms with Crippen molar-refractivity contribution in [1.29, 1.82) is 0 Å². The van der Waals surface area contributed by atoms with Gasteiger partial charge in [-0.3, -0.25) is 19.3 Å². The zero-order chi connectivity index (χ0) is 18.7. The predicted molar refractivity (Wildman–Crippen MR) is 92.5 cm³/mol. The van der Waals surface area contributed by atoms with Gasteiger partial charge in [0.1, 0.15) is 0 Å². The molecule has 0 aliphatic carbocycles. The summed E-state index contributed by atoms with van der Waals surface area (Å²) in [5, 5.41) is 4.86. The van der Waals surface area contributed by atoms with E-state index in [0.717, 1.165) is 4.90 Å². The number of nitrogens with zero attached hydrogens (tertiary/aromatic N) is 3. The molecule has 0 atom stereocenters. The first-order valence-corrected chi connectivity index (χ1v) is 8.53. The predicted octanol–water partition coefficient (Wildman–Crippen LogP) is 1.11. The van der Waals surface area contributed by atoms with Crippen LogP contribution in [0.15, 0.2) is 29.1 Å². The van der Waals surface area contributed by atoms with Crippen LogP contribution in [-0.2, 0) is 20.9 Å². The first-order valence-electron chi connectivity index (χ1n) is 8.53. The van der Waals surface area contributed by atoms with E-state index in [4.69, 9.17) is 4.74 Å². The number of benzene rings is 1. The lowest BCUT2D eigenvalue weighted by Crippen LogP contribution is -2.35. The van der Waals surface area contributed by atoms with Crippen LogP contribution in [-0.4, -0.2) is 45.6 Å². The van der Waals surface area contributed by atoms with Crippen LogP contribution in [0, 0.1) is 0 Å². The third kappa shape index (κ3) is 3.35. The van der Waals surface area contributed by atoms with Gasteiger partial charge in [0.05, 0.1) is 5.39 Å². The van der Waals surface area contributed by atoms with Gasteiger partial charge < -0.3 is 4.74 Å². The van der Waals surface area contributed by atoms with Gasteiger partial charge in [-0.05, 0) is 18.9 Å². The van der Waals surface area contributed by atoms with E-state index in [1.165, 1.54) is 4.68 Å². The largest absolute Gasteiger partial charge is 0.451 e. The van der Waals surface area contributed by atoms with E-state index in [-0.39, 0.29) is 17.2 Å². The van der Waals surface area contributed by atoms with Crippen molar-refractivity contribution in [1.82, 2.24) is 14.7 Å². The molecule has 2 heterocycles. The summed E-state index contributed by atoms with van der Waals surface area (Å²) >= 11 is 0. The molecule has 0 spiro atoms. The fraction of sp³-hybridized carbons (Fsp3) is 0.389. The number of ether oxygens (including phenoxy) is 1. The van der Waals surface area contributed by atoms with Crippen LogP contribution in [0.4, 0.5) is 0 Å². The minimum absolute atomic E-state index is 0.0193. The van der Waals surface area contributed by atoms with Gasteiger partial charge >= 0.3 is 5.97 Å². The topological polar surface area (TPSA) is 98.6 Å². The number of aryl methyl sites for hydroxylation is 1. The maximum absolute atomic E-state index is 12.5. The van der Waals surface area contributed by atoms with E-state index in [9.17, 15) is 19.2 Å². The fourth-order valence-corrected chi connectivity index (χ4v) is 2.93. The molecule has 2 amide bonds. The molecule has 0 bridgehead atoms. The maximum Gasteiger partial charge on any atom is 0.359 e. The second-order valence-electron chi connectivity index (χ2n) is 6.04. The zero-order valence-corrected chi connectivity index (χ0v) is 14.4. The van der Waals surface area contributed by atoms with Crippen LogP contribution in [0.2, 0.25) is 0 Å². The Bertz CT molecular complexity index is 934. The molecule has 2 aromatic rings. The molecule has 1 aliphatic heterocycles. The third-order valence-electron chi connectivity index (χ3n) is 4.20. The molecule has 1 aromatic heterocycles. The number of likely N-dealkylation sites (tertiary alicyclic amines) is 1. The number of rotatable bonds is 5. The number of amides is 2. The van der Waals surface area contributed by atoms with Gasteiger partial charge in [-0.2, -0.15) is 5.10 Å². The molecule has 8 nitrogen and oxygen atoms in total. The summed E-state index contributed by atoms with van der Waals surface area (Å²) in [5.41, 5.74) is -0.299. The Labute approximate surface area is 149 Å². The second-order valence-corrected chi connectivity index (χ2v) is 6.04. The van der Waals surface area contributed by atoms with Crippen LogP contribution < -0.4 is 5.56 Å². The standard InChI is InChI=1S/C18H19N3O5/c1-2-9-21-17(24)13-7-4-3-6-12(13)16(19-21)18(25)26-11-15(23)20-10-5-8-14(20)22/h3-4,6-7H,2,5,8-11H2,1H3. The van der Waals surface area contributed by atoms with Gasteiger partial charge in [0, 0.05) is 24.9 Å². The molecule has 1 aromatic carbocycles. The molecule has 1 fully saturated rings. The number of esters is 1. The van der Waals surface area contributed by atoms with Crippen molar-refractivity contribution < 1.29 is 19.1 Å². The number of carbonyl (C=O) groups is 3. The van der Waals surface area contributed by atoms with Gasteiger partial charge in [-0.15, -0.1) is 0 Å². The molecule has 0 N–H and O–H groups in total. The Kier molecular flexibility index (Phi) is 5.11. The molecule has 1 saturated heterocycles. The van der Waals surface area contributed by atoms with E-state index in [1.54, 1.807) is 24.3 Å².